The van der Waals surface area contributed by atoms with Gasteiger partial charge in [-0.05, 0) is 19.3 Å². The molecule has 0 N–H and O–H groups in total. The van der Waals surface area contributed by atoms with Crippen LogP contribution in [0.1, 0.15) is 34.1 Å². The third-order valence-electron chi connectivity index (χ3n) is 1.52. The molecule has 8 heavy (non-hydrogen) atoms. The highest BCUT2D eigenvalue weighted by molar-refractivity contribution is 5.01. The molecule has 0 amide bonds. The van der Waals surface area contributed by atoms with E-state index in [1.54, 1.807) is 5.57 Å². The van der Waals surface area contributed by atoms with Crippen LogP contribution in [0.3, 0.4) is 0 Å². The lowest BCUT2D eigenvalue weighted by Crippen LogP contribution is -1.90. The van der Waals surface area contributed by atoms with Crippen LogP contribution in [0.15, 0.2) is 11.6 Å². The molecular weight excluding hydrogens is 96.1 g/mol. The third kappa shape index (κ3) is 2.15. The van der Waals surface area contributed by atoms with Crippen molar-refractivity contribution in [1.29, 1.82) is 0 Å². The van der Waals surface area contributed by atoms with Gasteiger partial charge in [0.2, 0.25) is 0 Å². The second kappa shape index (κ2) is 3.71. The average molecular weight is 112 g/mol. The van der Waals surface area contributed by atoms with E-state index in [0.717, 1.165) is 5.92 Å². The van der Waals surface area contributed by atoms with E-state index >= 15 is 0 Å². The summed E-state index contributed by atoms with van der Waals surface area (Å²) in [7, 11) is 0. The summed E-state index contributed by atoms with van der Waals surface area (Å²) in [5.41, 5.74) is 1.56. The van der Waals surface area contributed by atoms with E-state index in [1.165, 1.54) is 6.42 Å². The lowest BCUT2D eigenvalue weighted by molar-refractivity contribution is 0.730. The Kier molecular flexibility index (Phi) is 3.59. The van der Waals surface area contributed by atoms with Crippen molar-refractivity contribution in [3.05, 3.63) is 11.6 Å². The molecule has 0 atom stereocenters. The van der Waals surface area contributed by atoms with E-state index in [9.17, 15) is 0 Å². The van der Waals surface area contributed by atoms with Gasteiger partial charge in [0, 0.05) is 0 Å². The van der Waals surface area contributed by atoms with Gasteiger partial charge in [0.25, 0.3) is 0 Å². The molecule has 0 saturated heterocycles. The highest BCUT2D eigenvalue weighted by Crippen LogP contribution is 2.11. The summed E-state index contributed by atoms with van der Waals surface area (Å²) in [6.45, 7) is 8.78. The highest BCUT2D eigenvalue weighted by atomic mass is 14.0. The van der Waals surface area contributed by atoms with E-state index < -0.39 is 0 Å². The molecule has 0 aromatic rings. The Morgan fingerprint density at radius 1 is 1.50 bits per heavy atom. The van der Waals surface area contributed by atoms with Crippen LogP contribution in [-0.2, 0) is 0 Å². The zero-order valence-corrected chi connectivity index (χ0v) is 6.36. The number of rotatable bonds is 2. The third-order valence-corrected chi connectivity index (χ3v) is 1.52. The first-order valence-corrected chi connectivity index (χ1v) is 3.37. The normalized spacial score (nSPS) is 12.9. The average Bonchev–Trinajstić information content (AvgIpc) is 1.69. The summed E-state index contributed by atoms with van der Waals surface area (Å²) in [4.78, 5) is 0. The van der Waals surface area contributed by atoms with Crippen molar-refractivity contribution in [2.45, 2.75) is 34.1 Å². The molecule has 0 fully saturated rings. The van der Waals surface area contributed by atoms with Gasteiger partial charge in [-0.1, -0.05) is 32.4 Å². The van der Waals surface area contributed by atoms with Crippen molar-refractivity contribution in [3.8, 4) is 0 Å². The maximum Gasteiger partial charge on any atom is -0.0260 e. The van der Waals surface area contributed by atoms with Gasteiger partial charge in [-0.3, -0.25) is 0 Å². The molecule has 0 radical (unpaired) electrons. The molecule has 0 aliphatic rings. The predicted molar refractivity (Wildman–Crippen MR) is 38.9 cm³/mol. The fourth-order valence-corrected chi connectivity index (χ4v) is 0.946. The van der Waals surface area contributed by atoms with Crippen molar-refractivity contribution < 1.29 is 0 Å². The van der Waals surface area contributed by atoms with Gasteiger partial charge >= 0.3 is 0 Å². The smallest absolute Gasteiger partial charge is 0.0260 e. The van der Waals surface area contributed by atoms with Gasteiger partial charge in [-0.25, -0.2) is 0 Å². The van der Waals surface area contributed by atoms with Crippen LogP contribution in [0.25, 0.3) is 0 Å². The molecular formula is C8H16. The fraction of sp³-hybridized carbons (Fsp3) is 0.750. The first-order chi connectivity index (χ1) is 3.72. The molecule has 0 spiro atoms. The number of hydrogen-bond acceptors (Lipinski definition) is 0. The summed E-state index contributed by atoms with van der Waals surface area (Å²) in [6, 6.07) is 0. The number of hydrogen-bond donors (Lipinski definition) is 0. The van der Waals surface area contributed by atoms with Gasteiger partial charge in [0.15, 0.2) is 0 Å². The quantitative estimate of drug-likeness (QED) is 0.482. The van der Waals surface area contributed by atoms with E-state index in [2.05, 4.69) is 33.8 Å². The van der Waals surface area contributed by atoms with Crippen LogP contribution in [0.5, 0.6) is 0 Å². The molecule has 0 aromatic heterocycles. The summed E-state index contributed by atoms with van der Waals surface area (Å²) < 4.78 is 0. The predicted octanol–water partition coefficient (Wildman–Crippen LogP) is 3.00. The summed E-state index contributed by atoms with van der Waals surface area (Å²) in [6.07, 6.45) is 3.42. The minimum atomic E-state index is 0.741. The Balaban J connectivity index is 3.72. The lowest BCUT2D eigenvalue weighted by Gasteiger charge is -2.05. The monoisotopic (exact) mass is 112 g/mol. The van der Waals surface area contributed by atoms with Crippen LogP contribution < -0.4 is 0 Å². The van der Waals surface area contributed by atoms with Crippen molar-refractivity contribution in [1.82, 2.24) is 0 Å². The first-order valence-electron chi connectivity index (χ1n) is 3.37. The van der Waals surface area contributed by atoms with Gasteiger partial charge in [0.1, 0.15) is 0 Å². The maximum absolute atomic E-state index is 2.23. The minimum Gasteiger partial charge on any atom is -0.0882 e. The van der Waals surface area contributed by atoms with Gasteiger partial charge in [-0.15, -0.1) is 0 Å². The molecule has 0 heteroatoms. The molecule has 0 aromatic carbocycles. The molecule has 0 unspecified atom stereocenters. The molecule has 0 heterocycles. The molecule has 0 bridgehead atoms. The highest BCUT2D eigenvalue weighted by Gasteiger charge is 1.95. The second-order valence-corrected chi connectivity index (χ2v) is 2.37. The molecule has 48 valence electrons. The van der Waals surface area contributed by atoms with Crippen molar-refractivity contribution in [2.24, 2.45) is 5.92 Å². The molecule has 0 rings (SSSR count). The van der Waals surface area contributed by atoms with E-state index in [1.807, 2.05) is 0 Å². The summed E-state index contributed by atoms with van der Waals surface area (Å²) >= 11 is 0. The van der Waals surface area contributed by atoms with Crippen LogP contribution in [-0.4, -0.2) is 0 Å². The van der Waals surface area contributed by atoms with Crippen molar-refractivity contribution >= 4 is 0 Å². The largest absolute Gasteiger partial charge is 0.0882 e. The Bertz CT molecular complexity index is 78.0. The van der Waals surface area contributed by atoms with Gasteiger partial charge in [0.05, 0.1) is 0 Å². The Hall–Kier alpha value is -0.260. The minimum absolute atomic E-state index is 0.741. The summed E-state index contributed by atoms with van der Waals surface area (Å²) in [5, 5.41) is 0. The topological polar surface area (TPSA) is 0 Å². The SMILES string of the molecule is C/C=C(/CC)C(C)C. The van der Waals surface area contributed by atoms with Crippen molar-refractivity contribution in [2.75, 3.05) is 0 Å². The molecule has 0 aliphatic heterocycles. The zero-order valence-electron chi connectivity index (χ0n) is 6.36. The van der Waals surface area contributed by atoms with Crippen molar-refractivity contribution in [3.63, 3.8) is 0 Å². The molecule has 0 aliphatic carbocycles. The van der Waals surface area contributed by atoms with Gasteiger partial charge in [-0.2, -0.15) is 0 Å². The van der Waals surface area contributed by atoms with Crippen LogP contribution in [0.2, 0.25) is 0 Å². The Morgan fingerprint density at radius 3 is 2.00 bits per heavy atom. The molecule has 0 saturated carbocycles. The van der Waals surface area contributed by atoms with Crippen LogP contribution in [0.4, 0.5) is 0 Å². The van der Waals surface area contributed by atoms with Crippen LogP contribution in [0, 0.1) is 5.92 Å². The van der Waals surface area contributed by atoms with E-state index in [4.69, 9.17) is 0 Å². The van der Waals surface area contributed by atoms with Crippen LogP contribution >= 0.6 is 0 Å². The Morgan fingerprint density at radius 2 is 2.00 bits per heavy atom. The maximum atomic E-state index is 2.23. The Labute approximate surface area is 52.6 Å². The molecule has 0 nitrogen and oxygen atoms in total. The summed E-state index contributed by atoms with van der Waals surface area (Å²) in [5.74, 6) is 0.741. The zero-order chi connectivity index (χ0) is 6.57. The standard InChI is InChI=1S/C8H16/c1-5-8(6-2)7(3)4/h5,7H,6H2,1-4H3/b8-5-. The lowest BCUT2D eigenvalue weighted by atomic mass is 10.0. The number of allylic oxidation sites excluding steroid dienone is 2. The fourth-order valence-electron chi connectivity index (χ4n) is 0.946. The van der Waals surface area contributed by atoms with E-state index in [0.29, 0.717) is 0 Å². The second-order valence-electron chi connectivity index (χ2n) is 2.37. The van der Waals surface area contributed by atoms with E-state index in [-0.39, 0.29) is 0 Å². The first kappa shape index (κ1) is 7.74. The van der Waals surface area contributed by atoms with Gasteiger partial charge < -0.3 is 0 Å².